The lowest BCUT2D eigenvalue weighted by molar-refractivity contribution is -0.0766. The fraction of sp³-hybridized carbons (Fsp3) is 1.00. The van der Waals surface area contributed by atoms with E-state index in [9.17, 15) is 0 Å². The zero-order valence-corrected chi connectivity index (χ0v) is 7.04. The van der Waals surface area contributed by atoms with Crippen LogP contribution in [0.4, 0.5) is 0 Å². The number of hydrogen-bond acceptors (Lipinski definition) is 2. The van der Waals surface area contributed by atoms with Crippen LogP contribution >= 0.6 is 12.4 Å². The van der Waals surface area contributed by atoms with E-state index in [2.05, 4.69) is 12.2 Å². The molecule has 1 aliphatic heterocycles. The lowest BCUT2D eigenvalue weighted by Crippen LogP contribution is -2.59. The van der Waals surface area contributed by atoms with Crippen LogP contribution in [0.5, 0.6) is 0 Å². The molecule has 2 nitrogen and oxygen atoms in total. The molecule has 1 saturated heterocycles. The van der Waals surface area contributed by atoms with Gasteiger partial charge in [-0.15, -0.1) is 12.4 Å². The normalized spacial score (nSPS) is 28.5. The van der Waals surface area contributed by atoms with E-state index in [1.165, 1.54) is 12.8 Å². The van der Waals surface area contributed by atoms with Crippen molar-refractivity contribution >= 4 is 12.4 Å². The van der Waals surface area contributed by atoms with E-state index < -0.39 is 0 Å². The maximum absolute atomic E-state index is 5.72. The zero-order chi connectivity index (χ0) is 6.32. The second-order valence-corrected chi connectivity index (χ2v) is 3.37. The van der Waals surface area contributed by atoms with Crippen molar-refractivity contribution in [2.24, 2.45) is 0 Å². The molecule has 1 N–H and O–H groups in total. The molecule has 2 aliphatic rings. The van der Waals surface area contributed by atoms with Crippen molar-refractivity contribution in [2.75, 3.05) is 13.1 Å². The molecule has 1 saturated carbocycles. The van der Waals surface area contributed by atoms with Crippen LogP contribution in [0.1, 0.15) is 19.8 Å². The summed E-state index contributed by atoms with van der Waals surface area (Å²) in [4.78, 5) is 0. The van der Waals surface area contributed by atoms with Crippen LogP contribution in [0.15, 0.2) is 0 Å². The Labute approximate surface area is 67.7 Å². The molecule has 0 amide bonds. The summed E-state index contributed by atoms with van der Waals surface area (Å²) < 4.78 is 5.72. The van der Waals surface area contributed by atoms with Crippen molar-refractivity contribution in [1.82, 2.24) is 5.32 Å². The van der Waals surface area contributed by atoms with Crippen LogP contribution in [0.2, 0.25) is 0 Å². The highest BCUT2D eigenvalue weighted by Gasteiger charge is 2.38. The molecule has 3 heteroatoms. The largest absolute Gasteiger partial charge is 0.369 e. The number of ether oxygens (including phenoxy) is 1. The lowest BCUT2D eigenvalue weighted by Gasteiger charge is -2.39. The molecule has 10 heavy (non-hydrogen) atoms. The van der Waals surface area contributed by atoms with Gasteiger partial charge in [-0.3, -0.25) is 0 Å². The third kappa shape index (κ3) is 1.62. The molecular formula is C7H14ClNO. The fourth-order valence-electron chi connectivity index (χ4n) is 1.15. The first-order chi connectivity index (χ1) is 4.29. The van der Waals surface area contributed by atoms with Crippen LogP contribution in [0, 0.1) is 0 Å². The second-order valence-electron chi connectivity index (χ2n) is 3.37. The maximum atomic E-state index is 5.72. The van der Waals surface area contributed by atoms with Crippen LogP contribution < -0.4 is 5.32 Å². The van der Waals surface area contributed by atoms with E-state index in [1.54, 1.807) is 0 Å². The Bertz CT molecular complexity index is 121. The molecule has 0 spiro atoms. The minimum Gasteiger partial charge on any atom is -0.369 e. The van der Waals surface area contributed by atoms with Gasteiger partial charge in [0.05, 0.1) is 11.7 Å². The van der Waals surface area contributed by atoms with Crippen LogP contribution in [-0.4, -0.2) is 24.8 Å². The molecule has 0 radical (unpaired) electrons. The van der Waals surface area contributed by atoms with Gasteiger partial charge in [0.15, 0.2) is 0 Å². The summed E-state index contributed by atoms with van der Waals surface area (Å²) in [5.74, 6) is 0. The molecule has 0 unspecified atom stereocenters. The topological polar surface area (TPSA) is 21.3 Å². The number of rotatable bonds is 2. The molecule has 0 aromatic carbocycles. The van der Waals surface area contributed by atoms with Gasteiger partial charge in [0.25, 0.3) is 0 Å². The zero-order valence-electron chi connectivity index (χ0n) is 6.22. The number of hydrogen-bond donors (Lipinski definition) is 1. The smallest absolute Gasteiger partial charge is 0.0905 e. The van der Waals surface area contributed by atoms with Gasteiger partial charge in [-0.05, 0) is 19.8 Å². The lowest BCUT2D eigenvalue weighted by atomic mass is 10.0. The summed E-state index contributed by atoms with van der Waals surface area (Å²) >= 11 is 0. The Balaban J connectivity index is 0.000000500. The first-order valence-electron chi connectivity index (χ1n) is 3.67. The van der Waals surface area contributed by atoms with Crippen LogP contribution in [-0.2, 0) is 4.74 Å². The van der Waals surface area contributed by atoms with Gasteiger partial charge < -0.3 is 10.1 Å². The van der Waals surface area contributed by atoms with Crippen LogP contribution in [0.25, 0.3) is 0 Å². The highest BCUT2D eigenvalue weighted by molar-refractivity contribution is 5.85. The molecule has 0 bridgehead atoms. The number of halogens is 1. The molecule has 2 rings (SSSR count). The van der Waals surface area contributed by atoms with Gasteiger partial charge in [0.2, 0.25) is 0 Å². The highest BCUT2D eigenvalue weighted by Crippen LogP contribution is 2.30. The summed E-state index contributed by atoms with van der Waals surface area (Å²) in [5, 5.41) is 3.21. The maximum Gasteiger partial charge on any atom is 0.0905 e. The first-order valence-corrected chi connectivity index (χ1v) is 3.67. The Morgan fingerprint density at radius 1 is 1.40 bits per heavy atom. The van der Waals surface area contributed by atoms with Gasteiger partial charge in [-0.2, -0.15) is 0 Å². The van der Waals surface area contributed by atoms with Gasteiger partial charge >= 0.3 is 0 Å². The summed E-state index contributed by atoms with van der Waals surface area (Å²) in [6, 6.07) is 0. The SMILES string of the molecule is CC1(OC2CC2)CNC1.Cl. The van der Waals surface area contributed by atoms with Crippen molar-refractivity contribution in [2.45, 2.75) is 31.5 Å². The third-order valence-corrected chi connectivity index (χ3v) is 1.97. The Morgan fingerprint density at radius 2 is 2.00 bits per heavy atom. The molecule has 1 aliphatic carbocycles. The Kier molecular flexibility index (Phi) is 2.23. The molecule has 1 heterocycles. The summed E-state index contributed by atoms with van der Waals surface area (Å²) in [6.07, 6.45) is 3.18. The molecule has 0 aromatic heterocycles. The van der Waals surface area contributed by atoms with Crippen molar-refractivity contribution in [3.05, 3.63) is 0 Å². The van der Waals surface area contributed by atoms with Gasteiger partial charge in [-0.25, -0.2) is 0 Å². The number of nitrogens with one attached hydrogen (secondary N) is 1. The van der Waals surface area contributed by atoms with E-state index in [1.807, 2.05) is 0 Å². The summed E-state index contributed by atoms with van der Waals surface area (Å²) in [6.45, 7) is 4.27. The molecule has 0 aromatic rings. The van der Waals surface area contributed by atoms with E-state index >= 15 is 0 Å². The fourth-order valence-corrected chi connectivity index (χ4v) is 1.15. The van der Waals surface area contributed by atoms with E-state index in [-0.39, 0.29) is 18.0 Å². The van der Waals surface area contributed by atoms with Crippen molar-refractivity contribution in [3.63, 3.8) is 0 Å². The average Bonchev–Trinajstić information content (AvgIpc) is 2.46. The summed E-state index contributed by atoms with van der Waals surface area (Å²) in [7, 11) is 0. The monoisotopic (exact) mass is 163 g/mol. The van der Waals surface area contributed by atoms with Gasteiger partial charge in [0.1, 0.15) is 0 Å². The van der Waals surface area contributed by atoms with Crippen LogP contribution in [0.3, 0.4) is 0 Å². The predicted octanol–water partition coefficient (Wildman–Crippen LogP) is 0.949. The quantitative estimate of drug-likeness (QED) is 0.655. The Hall–Kier alpha value is 0.210. The van der Waals surface area contributed by atoms with Crippen molar-refractivity contribution in [1.29, 1.82) is 0 Å². The summed E-state index contributed by atoms with van der Waals surface area (Å²) in [5.41, 5.74) is 0.196. The molecule has 0 atom stereocenters. The van der Waals surface area contributed by atoms with Gasteiger partial charge in [-0.1, -0.05) is 0 Å². The highest BCUT2D eigenvalue weighted by atomic mass is 35.5. The Morgan fingerprint density at radius 3 is 2.30 bits per heavy atom. The minimum atomic E-state index is 0. The van der Waals surface area contributed by atoms with E-state index in [0.29, 0.717) is 6.10 Å². The van der Waals surface area contributed by atoms with Gasteiger partial charge in [0, 0.05) is 13.1 Å². The standard InChI is InChI=1S/C7H13NO.ClH/c1-7(4-8-5-7)9-6-2-3-6;/h6,8H,2-5H2,1H3;1H. The van der Waals surface area contributed by atoms with E-state index in [4.69, 9.17) is 4.74 Å². The van der Waals surface area contributed by atoms with Crippen molar-refractivity contribution < 1.29 is 4.74 Å². The van der Waals surface area contributed by atoms with E-state index in [0.717, 1.165) is 13.1 Å². The second kappa shape index (κ2) is 2.68. The molecular weight excluding hydrogens is 150 g/mol. The third-order valence-electron chi connectivity index (χ3n) is 1.97. The first kappa shape index (κ1) is 8.31. The molecule has 60 valence electrons. The van der Waals surface area contributed by atoms with Crippen molar-refractivity contribution in [3.8, 4) is 0 Å². The minimum absolute atomic E-state index is 0. The molecule has 2 fully saturated rings. The average molecular weight is 164 g/mol. The predicted molar refractivity (Wildman–Crippen MR) is 42.6 cm³/mol.